The van der Waals surface area contributed by atoms with Crippen LogP contribution >= 0.6 is 11.8 Å². The number of rotatable bonds is 5. The molecule has 2 nitrogen and oxygen atoms in total. The first kappa shape index (κ1) is 11.1. The molecule has 13 heavy (non-hydrogen) atoms. The molecule has 0 spiro atoms. The van der Waals surface area contributed by atoms with E-state index < -0.39 is 0 Å². The maximum absolute atomic E-state index is 10.8. The maximum Gasteiger partial charge on any atom is 0.137 e. The summed E-state index contributed by atoms with van der Waals surface area (Å²) in [5, 5.41) is 0. The van der Waals surface area contributed by atoms with Gasteiger partial charge in [0.25, 0.3) is 0 Å². The number of aldehydes is 1. The smallest absolute Gasteiger partial charge is 0.137 e. The monoisotopic (exact) mass is 201 g/mol. The first-order valence-electron chi connectivity index (χ1n) is 5.06. The SMILES string of the molecule is CSCCCN1CCCCC1C=O. The summed E-state index contributed by atoms with van der Waals surface area (Å²) in [7, 11) is 0. The van der Waals surface area contributed by atoms with Crippen molar-refractivity contribution < 1.29 is 4.79 Å². The summed E-state index contributed by atoms with van der Waals surface area (Å²) in [5.41, 5.74) is 0. The van der Waals surface area contributed by atoms with E-state index in [1.807, 2.05) is 11.8 Å². The van der Waals surface area contributed by atoms with Gasteiger partial charge >= 0.3 is 0 Å². The Bertz CT molecular complexity index is 152. The topological polar surface area (TPSA) is 20.3 Å². The fourth-order valence-corrected chi connectivity index (χ4v) is 2.28. The molecule has 0 N–H and O–H groups in total. The number of piperidine rings is 1. The van der Waals surface area contributed by atoms with Gasteiger partial charge in [-0.3, -0.25) is 4.90 Å². The Kier molecular flexibility index (Phi) is 5.47. The molecular weight excluding hydrogens is 182 g/mol. The van der Waals surface area contributed by atoms with Gasteiger partial charge < -0.3 is 4.79 Å². The van der Waals surface area contributed by atoms with E-state index in [0.717, 1.165) is 25.8 Å². The number of likely N-dealkylation sites (tertiary alicyclic amines) is 1. The summed E-state index contributed by atoms with van der Waals surface area (Å²) in [5.74, 6) is 1.21. The van der Waals surface area contributed by atoms with Gasteiger partial charge in [0.1, 0.15) is 6.29 Å². The van der Waals surface area contributed by atoms with Crippen molar-refractivity contribution in [3.63, 3.8) is 0 Å². The van der Waals surface area contributed by atoms with E-state index in [4.69, 9.17) is 0 Å². The molecule has 0 bridgehead atoms. The second-order valence-electron chi connectivity index (χ2n) is 3.58. The molecule has 1 fully saturated rings. The quantitative estimate of drug-likeness (QED) is 0.499. The van der Waals surface area contributed by atoms with Crippen LogP contribution in [0.2, 0.25) is 0 Å². The zero-order valence-electron chi connectivity index (χ0n) is 8.37. The molecule has 76 valence electrons. The largest absolute Gasteiger partial charge is 0.302 e. The molecule has 1 rings (SSSR count). The molecule has 0 aliphatic carbocycles. The Hall–Kier alpha value is -0.0200. The summed E-state index contributed by atoms with van der Waals surface area (Å²) < 4.78 is 0. The highest BCUT2D eigenvalue weighted by Crippen LogP contribution is 2.15. The van der Waals surface area contributed by atoms with Gasteiger partial charge in [-0.1, -0.05) is 6.42 Å². The minimum Gasteiger partial charge on any atom is -0.302 e. The van der Waals surface area contributed by atoms with Crippen molar-refractivity contribution in [3.05, 3.63) is 0 Å². The summed E-state index contributed by atoms with van der Waals surface area (Å²) in [4.78, 5) is 13.1. The third-order valence-corrected chi connectivity index (χ3v) is 3.31. The molecule has 1 heterocycles. The third-order valence-electron chi connectivity index (χ3n) is 2.62. The van der Waals surface area contributed by atoms with Gasteiger partial charge in [0.15, 0.2) is 0 Å². The van der Waals surface area contributed by atoms with Gasteiger partial charge in [-0.2, -0.15) is 11.8 Å². The van der Waals surface area contributed by atoms with E-state index in [-0.39, 0.29) is 6.04 Å². The van der Waals surface area contributed by atoms with Crippen LogP contribution < -0.4 is 0 Å². The van der Waals surface area contributed by atoms with Crippen molar-refractivity contribution in [1.29, 1.82) is 0 Å². The normalized spacial score (nSPS) is 24.5. The Morgan fingerprint density at radius 3 is 3.08 bits per heavy atom. The van der Waals surface area contributed by atoms with Crippen LogP contribution in [0.5, 0.6) is 0 Å². The van der Waals surface area contributed by atoms with E-state index in [2.05, 4.69) is 11.2 Å². The van der Waals surface area contributed by atoms with Gasteiger partial charge in [0.05, 0.1) is 6.04 Å². The van der Waals surface area contributed by atoms with E-state index in [9.17, 15) is 4.79 Å². The van der Waals surface area contributed by atoms with Crippen molar-refractivity contribution in [1.82, 2.24) is 4.90 Å². The molecule has 0 aromatic carbocycles. The molecule has 1 aliphatic heterocycles. The molecular formula is C10H19NOS. The van der Waals surface area contributed by atoms with E-state index in [0.29, 0.717) is 0 Å². The Morgan fingerprint density at radius 2 is 2.38 bits per heavy atom. The van der Waals surface area contributed by atoms with Crippen LogP contribution in [0.3, 0.4) is 0 Å². The molecule has 1 atom stereocenters. The standard InChI is InChI=1S/C10H19NOS/c1-13-8-4-7-11-6-3-2-5-10(11)9-12/h9-10H,2-8H2,1H3. The zero-order valence-corrected chi connectivity index (χ0v) is 9.18. The van der Waals surface area contributed by atoms with E-state index in [1.54, 1.807) is 0 Å². The average Bonchev–Trinajstić information content (AvgIpc) is 2.19. The van der Waals surface area contributed by atoms with Gasteiger partial charge in [0, 0.05) is 0 Å². The predicted molar refractivity (Wildman–Crippen MR) is 58.3 cm³/mol. The average molecular weight is 201 g/mol. The van der Waals surface area contributed by atoms with Crippen LogP contribution in [0.1, 0.15) is 25.7 Å². The fraction of sp³-hybridized carbons (Fsp3) is 0.900. The lowest BCUT2D eigenvalue weighted by Crippen LogP contribution is -2.41. The summed E-state index contributed by atoms with van der Waals surface area (Å²) in [6, 6.07) is 0.218. The number of carbonyl (C=O) groups excluding carboxylic acids is 1. The lowest BCUT2D eigenvalue weighted by Gasteiger charge is -2.32. The predicted octanol–water partition coefficient (Wildman–Crippen LogP) is 1.79. The van der Waals surface area contributed by atoms with Crippen molar-refractivity contribution in [3.8, 4) is 0 Å². The van der Waals surface area contributed by atoms with E-state index >= 15 is 0 Å². The Morgan fingerprint density at radius 1 is 1.54 bits per heavy atom. The summed E-state index contributed by atoms with van der Waals surface area (Å²) >= 11 is 1.88. The molecule has 1 aliphatic rings. The summed E-state index contributed by atoms with van der Waals surface area (Å²) in [6.07, 6.45) is 8.03. The molecule has 1 unspecified atom stereocenters. The molecule has 0 aromatic heterocycles. The lowest BCUT2D eigenvalue weighted by molar-refractivity contribution is -0.113. The molecule has 0 amide bonds. The van der Waals surface area contributed by atoms with Crippen molar-refractivity contribution in [2.45, 2.75) is 31.7 Å². The number of nitrogens with zero attached hydrogens (tertiary/aromatic N) is 1. The second kappa shape index (κ2) is 6.44. The fourth-order valence-electron chi connectivity index (χ4n) is 1.86. The van der Waals surface area contributed by atoms with Crippen LogP contribution in [-0.2, 0) is 4.79 Å². The first-order valence-corrected chi connectivity index (χ1v) is 6.46. The van der Waals surface area contributed by atoms with Gasteiger partial charge in [-0.05, 0) is 44.4 Å². The minimum atomic E-state index is 0.218. The van der Waals surface area contributed by atoms with Crippen LogP contribution in [0, 0.1) is 0 Å². The number of hydrogen-bond acceptors (Lipinski definition) is 3. The Labute approximate surface area is 85.1 Å². The van der Waals surface area contributed by atoms with Crippen molar-refractivity contribution >= 4 is 18.0 Å². The molecule has 0 radical (unpaired) electrons. The third kappa shape index (κ3) is 3.69. The maximum atomic E-state index is 10.8. The number of thioether (sulfide) groups is 1. The highest BCUT2D eigenvalue weighted by molar-refractivity contribution is 7.98. The highest BCUT2D eigenvalue weighted by atomic mass is 32.2. The van der Waals surface area contributed by atoms with Gasteiger partial charge in [-0.15, -0.1) is 0 Å². The number of carbonyl (C=O) groups is 1. The van der Waals surface area contributed by atoms with Crippen molar-refractivity contribution in [2.75, 3.05) is 25.1 Å². The van der Waals surface area contributed by atoms with Crippen LogP contribution in [0.25, 0.3) is 0 Å². The first-order chi connectivity index (χ1) is 6.38. The van der Waals surface area contributed by atoms with Crippen LogP contribution in [-0.4, -0.2) is 42.3 Å². The van der Waals surface area contributed by atoms with Crippen LogP contribution in [0.4, 0.5) is 0 Å². The molecule has 0 aromatic rings. The van der Waals surface area contributed by atoms with Gasteiger partial charge in [-0.25, -0.2) is 0 Å². The van der Waals surface area contributed by atoms with E-state index in [1.165, 1.54) is 25.0 Å². The lowest BCUT2D eigenvalue weighted by atomic mass is 10.0. The minimum absolute atomic E-state index is 0.218. The zero-order chi connectivity index (χ0) is 9.52. The van der Waals surface area contributed by atoms with Crippen LogP contribution in [0.15, 0.2) is 0 Å². The molecule has 3 heteroatoms. The molecule has 0 saturated carbocycles. The number of hydrogen-bond donors (Lipinski definition) is 0. The highest BCUT2D eigenvalue weighted by Gasteiger charge is 2.20. The second-order valence-corrected chi connectivity index (χ2v) is 4.57. The van der Waals surface area contributed by atoms with Crippen molar-refractivity contribution in [2.24, 2.45) is 0 Å². The summed E-state index contributed by atoms with van der Waals surface area (Å²) in [6.45, 7) is 2.22. The Balaban J connectivity index is 2.23. The molecule has 1 saturated heterocycles. The van der Waals surface area contributed by atoms with Gasteiger partial charge in [0.2, 0.25) is 0 Å².